The maximum atomic E-state index is 12.6. The number of hydrogen-bond donors (Lipinski definition) is 2. The molecule has 1 aromatic rings. The smallest absolute Gasteiger partial charge is 0.378 e. The molecule has 0 radical (unpaired) electrons. The fourth-order valence-electron chi connectivity index (χ4n) is 2.44. The molecule has 138 valence electrons. The van der Waals surface area contributed by atoms with Crippen molar-refractivity contribution < 1.29 is 27.5 Å². The summed E-state index contributed by atoms with van der Waals surface area (Å²) in [5, 5.41) is 5.71. The molecule has 2 rings (SSSR count). The summed E-state index contributed by atoms with van der Waals surface area (Å²) in [6.45, 7) is 2.59. The van der Waals surface area contributed by atoms with Crippen molar-refractivity contribution in [1.29, 1.82) is 0 Å². The molecule has 6 nitrogen and oxygen atoms in total. The van der Waals surface area contributed by atoms with Gasteiger partial charge in [0.25, 0.3) is 0 Å². The lowest BCUT2D eigenvalue weighted by Crippen LogP contribution is -2.48. The first-order chi connectivity index (χ1) is 11.8. The van der Waals surface area contributed by atoms with E-state index in [0.717, 1.165) is 0 Å². The Morgan fingerprint density at radius 3 is 2.76 bits per heavy atom. The second-order valence-corrected chi connectivity index (χ2v) is 5.59. The fraction of sp³-hybridized carbons (Fsp3) is 0.500. The van der Waals surface area contributed by atoms with Crippen molar-refractivity contribution >= 4 is 17.5 Å². The van der Waals surface area contributed by atoms with E-state index in [4.69, 9.17) is 4.74 Å². The summed E-state index contributed by atoms with van der Waals surface area (Å²) in [6.07, 6.45) is -4.91. The Hall–Kier alpha value is -2.13. The van der Waals surface area contributed by atoms with E-state index in [9.17, 15) is 22.8 Å². The van der Waals surface area contributed by atoms with E-state index in [-0.39, 0.29) is 25.6 Å². The van der Waals surface area contributed by atoms with Crippen LogP contribution < -0.4 is 10.6 Å². The average Bonchev–Trinajstić information content (AvgIpc) is 2.59. The molecule has 1 heterocycles. The molecule has 1 aliphatic rings. The Morgan fingerprint density at radius 2 is 2.16 bits per heavy atom. The summed E-state index contributed by atoms with van der Waals surface area (Å²) in [5.41, 5.74) is 0.940. The number of benzene rings is 1. The topological polar surface area (TPSA) is 70.7 Å². The highest BCUT2D eigenvalue weighted by Gasteiger charge is 2.41. The Bertz CT molecular complexity index is 616. The van der Waals surface area contributed by atoms with Gasteiger partial charge in [-0.15, -0.1) is 0 Å². The zero-order chi connectivity index (χ0) is 18.4. The molecule has 0 spiro atoms. The number of halogens is 3. The summed E-state index contributed by atoms with van der Waals surface area (Å²) in [6, 6.07) is 5.92. The molecular weight excluding hydrogens is 339 g/mol. The van der Waals surface area contributed by atoms with Crippen LogP contribution in [0.3, 0.4) is 0 Å². The second kappa shape index (κ2) is 8.30. The van der Waals surface area contributed by atoms with E-state index in [1.54, 1.807) is 24.3 Å². The van der Waals surface area contributed by atoms with Gasteiger partial charge in [-0.2, -0.15) is 13.2 Å². The summed E-state index contributed by atoms with van der Waals surface area (Å²) in [7, 11) is 0. The van der Waals surface area contributed by atoms with Gasteiger partial charge in [0.2, 0.25) is 5.91 Å². The number of nitrogens with one attached hydrogen (secondary N) is 2. The number of rotatable bonds is 5. The van der Waals surface area contributed by atoms with E-state index in [0.29, 0.717) is 29.3 Å². The van der Waals surface area contributed by atoms with Crippen molar-refractivity contribution in [3.8, 4) is 0 Å². The SMILES string of the molecule is CCN(Cc1cccc(NC(=O)C2COCCN2)c1)C(=O)C(F)(F)F. The average molecular weight is 359 g/mol. The molecule has 25 heavy (non-hydrogen) atoms. The van der Waals surface area contributed by atoms with Crippen LogP contribution in [0.4, 0.5) is 18.9 Å². The lowest BCUT2D eigenvalue weighted by atomic mass is 10.1. The van der Waals surface area contributed by atoms with Crippen molar-refractivity contribution in [2.24, 2.45) is 0 Å². The van der Waals surface area contributed by atoms with Crippen LogP contribution in [0.2, 0.25) is 0 Å². The molecule has 9 heteroatoms. The number of alkyl halides is 3. The number of carbonyl (C=O) groups excluding carboxylic acids is 2. The third kappa shape index (κ3) is 5.43. The molecule has 2 N–H and O–H groups in total. The van der Waals surface area contributed by atoms with Crippen LogP contribution in [0, 0.1) is 0 Å². The largest absolute Gasteiger partial charge is 0.471 e. The second-order valence-electron chi connectivity index (χ2n) is 5.59. The van der Waals surface area contributed by atoms with Crippen LogP contribution in [0.1, 0.15) is 12.5 Å². The van der Waals surface area contributed by atoms with E-state index in [1.165, 1.54) is 6.92 Å². The molecule has 1 saturated heterocycles. The molecule has 1 fully saturated rings. The van der Waals surface area contributed by atoms with Crippen molar-refractivity contribution in [1.82, 2.24) is 10.2 Å². The Balaban J connectivity index is 2.02. The zero-order valence-electron chi connectivity index (χ0n) is 13.7. The van der Waals surface area contributed by atoms with Gasteiger partial charge in [-0.1, -0.05) is 12.1 Å². The first-order valence-corrected chi connectivity index (χ1v) is 7.88. The van der Waals surface area contributed by atoms with Crippen LogP contribution >= 0.6 is 0 Å². The molecule has 1 unspecified atom stereocenters. The predicted molar refractivity (Wildman–Crippen MR) is 84.8 cm³/mol. The molecule has 1 atom stereocenters. The highest BCUT2D eigenvalue weighted by molar-refractivity contribution is 5.95. The van der Waals surface area contributed by atoms with Gasteiger partial charge >= 0.3 is 12.1 Å². The number of morpholine rings is 1. The molecule has 0 aliphatic carbocycles. The van der Waals surface area contributed by atoms with Crippen LogP contribution in [-0.2, 0) is 20.9 Å². The quantitative estimate of drug-likeness (QED) is 0.836. The van der Waals surface area contributed by atoms with Crippen molar-refractivity contribution in [2.75, 3.05) is 31.6 Å². The van der Waals surface area contributed by atoms with E-state index < -0.39 is 18.1 Å². The number of ether oxygens (including phenoxy) is 1. The van der Waals surface area contributed by atoms with Crippen LogP contribution in [0.15, 0.2) is 24.3 Å². The van der Waals surface area contributed by atoms with Gasteiger partial charge < -0.3 is 20.3 Å². The molecular formula is C16H20F3N3O3. The van der Waals surface area contributed by atoms with Gasteiger partial charge in [0.05, 0.1) is 13.2 Å². The lowest BCUT2D eigenvalue weighted by molar-refractivity contribution is -0.185. The molecule has 1 aromatic carbocycles. The zero-order valence-corrected chi connectivity index (χ0v) is 13.7. The van der Waals surface area contributed by atoms with Crippen LogP contribution in [-0.4, -0.2) is 55.2 Å². The van der Waals surface area contributed by atoms with Gasteiger partial charge in [0.1, 0.15) is 6.04 Å². The molecule has 2 amide bonds. The third-order valence-electron chi connectivity index (χ3n) is 3.72. The van der Waals surface area contributed by atoms with Gasteiger partial charge in [-0.25, -0.2) is 0 Å². The molecule has 0 saturated carbocycles. The Labute approximate surface area is 143 Å². The Kier molecular flexibility index (Phi) is 6.38. The van der Waals surface area contributed by atoms with E-state index >= 15 is 0 Å². The van der Waals surface area contributed by atoms with Gasteiger partial charge in [-0.05, 0) is 24.6 Å². The third-order valence-corrected chi connectivity index (χ3v) is 3.72. The predicted octanol–water partition coefficient (Wildman–Crippen LogP) is 1.52. The highest BCUT2D eigenvalue weighted by Crippen LogP contribution is 2.21. The van der Waals surface area contributed by atoms with E-state index in [1.807, 2.05) is 0 Å². The first kappa shape index (κ1) is 19.2. The Morgan fingerprint density at radius 1 is 1.40 bits per heavy atom. The number of amides is 2. The molecule has 0 bridgehead atoms. The maximum absolute atomic E-state index is 12.6. The first-order valence-electron chi connectivity index (χ1n) is 7.88. The standard InChI is InChI=1S/C16H20F3N3O3/c1-2-22(15(24)16(17,18)19)9-11-4-3-5-12(8-11)21-14(23)13-10-25-7-6-20-13/h3-5,8,13,20H,2,6-7,9-10H2,1H3,(H,21,23). The van der Waals surface area contributed by atoms with Gasteiger partial charge in [0, 0.05) is 25.3 Å². The van der Waals surface area contributed by atoms with Gasteiger partial charge in [0.15, 0.2) is 0 Å². The minimum Gasteiger partial charge on any atom is -0.378 e. The monoisotopic (exact) mass is 359 g/mol. The summed E-state index contributed by atoms with van der Waals surface area (Å²) < 4.78 is 43.0. The minimum atomic E-state index is -4.91. The highest BCUT2D eigenvalue weighted by atomic mass is 19.4. The summed E-state index contributed by atoms with van der Waals surface area (Å²) in [4.78, 5) is 24.2. The number of nitrogens with zero attached hydrogens (tertiary/aromatic N) is 1. The van der Waals surface area contributed by atoms with Crippen molar-refractivity contribution in [3.63, 3.8) is 0 Å². The maximum Gasteiger partial charge on any atom is 0.471 e. The van der Waals surface area contributed by atoms with Crippen LogP contribution in [0.25, 0.3) is 0 Å². The normalized spacial score (nSPS) is 17.8. The molecule has 0 aromatic heterocycles. The van der Waals surface area contributed by atoms with Crippen molar-refractivity contribution in [3.05, 3.63) is 29.8 Å². The number of anilines is 1. The number of carbonyl (C=O) groups is 2. The number of hydrogen-bond acceptors (Lipinski definition) is 4. The van der Waals surface area contributed by atoms with E-state index in [2.05, 4.69) is 10.6 Å². The lowest BCUT2D eigenvalue weighted by Gasteiger charge is -2.24. The fourth-order valence-corrected chi connectivity index (χ4v) is 2.44. The van der Waals surface area contributed by atoms with Gasteiger partial charge in [-0.3, -0.25) is 9.59 Å². The molecule has 1 aliphatic heterocycles. The van der Waals surface area contributed by atoms with Crippen molar-refractivity contribution in [2.45, 2.75) is 25.7 Å². The minimum absolute atomic E-state index is 0.0712. The summed E-state index contributed by atoms with van der Waals surface area (Å²) in [5.74, 6) is -2.16. The van der Waals surface area contributed by atoms with Crippen LogP contribution in [0.5, 0.6) is 0 Å². The summed E-state index contributed by atoms with van der Waals surface area (Å²) >= 11 is 0.